The summed E-state index contributed by atoms with van der Waals surface area (Å²) in [6.45, 7) is 1.17. The van der Waals surface area contributed by atoms with Crippen LogP contribution in [0.3, 0.4) is 0 Å². The number of ether oxygens (including phenoxy) is 1. The Hall–Kier alpha value is -3.12. The van der Waals surface area contributed by atoms with Gasteiger partial charge in [0.25, 0.3) is 5.91 Å². The lowest BCUT2D eigenvalue weighted by atomic mass is 10.2. The molecule has 0 spiro atoms. The Kier molecular flexibility index (Phi) is 5.34. The van der Waals surface area contributed by atoms with Crippen LogP contribution < -0.4 is 5.32 Å². The topological polar surface area (TPSA) is 81.4 Å². The van der Waals surface area contributed by atoms with E-state index in [1.54, 1.807) is 31.2 Å². The molecule has 0 atom stereocenters. The van der Waals surface area contributed by atoms with Gasteiger partial charge in [0, 0.05) is 16.3 Å². The number of benzene rings is 2. The van der Waals surface area contributed by atoms with E-state index in [-0.39, 0.29) is 5.69 Å². The molecule has 7 heteroatoms. The molecule has 0 unspecified atom stereocenters. The summed E-state index contributed by atoms with van der Waals surface area (Å²) < 4.78 is 10.5. The molecule has 0 saturated heterocycles. The van der Waals surface area contributed by atoms with Crippen LogP contribution in [0.2, 0.25) is 5.02 Å². The van der Waals surface area contributed by atoms with Crippen molar-refractivity contribution in [1.29, 1.82) is 0 Å². The first-order valence-electron chi connectivity index (χ1n) is 7.78. The molecule has 0 saturated carbocycles. The lowest BCUT2D eigenvalue weighted by molar-refractivity contribution is -0.119. The second-order valence-corrected chi connectivity index (χ2v) is 5.86. The van der Waals surface area contributed by atoms with Crippen LogP contribution in [0.15, 0.2) is 59.0 Å². The Balaban J connectivity index is 1.61. The van der Waals surface area contributed by atoms with Crippen LogP contribution in [0.4, 0.5) is 5.69 Å². The quantitative estimate of drug-likeness (QED) is 0.684. The molecule has 3 rings (SSSR count). The third-order valence-electron chi connectivity index (χ3n) is 3.45. The highest BCUT2D eigenvalue weighted by Crippen LogP contribution is 2.22. The number of esters is 1. The van der Waals surface area contributed by atoms with E-state index in [1.807, 2.05) is 30.3 Å². The molecule has 0 aliphatic heterocycles. The maximum absolute atomic E-state index is 12.2. The van der Waals surface area contributed by atoms with Crippen molar-refractivity contribution in [2.45, 2.75) is 6.92 Å². The van der Waals surface area contributed by atoms with Gasteiger partial charge in [0.05, 0.1) is 0 Å². The molecular weight excluding hydrogens is 356 g/mol. The van der Waals surface area contributed by atoms with E-state index in [4.69, 9.17) is 20.8 Å². The van der Waals surface area contributed by atoms with E-state index in [0.717, 1.165) is 5.56 Å². The standard InChI is InChI=1S/C19H15ClN2O4/c1-12-17(22-18(26-12)13-6-3-2-4-7-13)19(24)25-11-16(23)21-15-9-5-8-14(20)10-15/h2-10H,11H2,1H3,(H,21,23). The van der Waals surface area contributed by atoms with Crippen molar-refractivity contribution in [2.24, 2.45) is 0 Å². The number of nitrogens with one attached hydrogen (secondary N) is 1. The normalized spacial score (nSPS) is 10.4. The highest BCUT2D eigenvalue weighted by molar-refractivity contribution is 6.30. The van der Waals surface area contributed by atoms with Gasteiger partial charge in [-0.2, -0.15) is 0 Å². The first-order valence-corrected chi connectivity index (χ1v) is 8.16. The predicted octanol–water partition coefficient (Wildman–Crippen LogP) is 4.10. The minimum Gasteiger partial charge on any atom is -0.451 e. The molecule has 0 fully saturated rings. The largest absolute Gasteiger partial charge is 0.451 e. The van der Waals surface area contributed by atoms with Gasteiger partial charge in [-0.05, 0) is 37.3 Å². The molecule has 2 aromatic carbocycles. The summed E-state index contributed by atoms with van der Waals surface area (Å²) in [4.78, 5) is 28.2. The van der Waals surface area contributed by atoms with Crippen LogP contribution in [-0.4, -0.2) is 23.5 Å². The number of aryl methyl sites for hydroxylation is 1. The van der Waals surface area contributed by atoms with E-state index >= 15 is 0 Å². The number of aromatic nitrogens is 1. The van der Waals surface area contributed by atoms with Crippen LogP contribution in [0, 0.1) is 6.92 Å². The van der Waals surface area contributed by atoms with E-state index in [2.05, 4.69) is 10.3 Å². The molecule has 1 aromatic heterocycles. The van der Waals surface area contributed by atoms with E-state index in [0.29, 0.717) is 22.4 Å². The summed E-state index contributed by atoms with van der Waals surface area (Å²) in [5.41, 5.74) is 1.30. The van der Waals surface area contributed by atoms with E-state index in [1.165, 1.54) is 0 Å². The molecule has 132 valence electrons. The second-order valence-electron chi connectivity index (χ2n) is 5.42. The van der Waals surface area contributed by atoms with Gasteiger partial charge in [-0.3, -0.25) is 4.79 Å². The summed E-state index contributed by atoms with van der Waals surface area (Å²) in [7, 11) is 0. The number of nitrogens with zero attached hydrogens (tertiary/aromatic N) is 1. The fraction of sp³-hybridized carbons (Fsp3) is 0.105. The monoisotopic (exact) mass is 370 g/mol. The first kappa shape index (κ1) is 17.7. The number of amides is 1. The number of hydrogen-bond acceptors (Lipinski definition) is 5. The van der Waals surface area contributed by atoms with Crippen LogP contribution in [0.25, 0.3) is 11.5 Å². The van der Waals surface area contributed by atoms with Crippen molar-refractivity contribution >= 4 is 29.2 Å². The van der Waals surface area contributed by atoms with Gasteiger partial charge >= 0.3 is 5.97 Å². The Morgan fingerprint density at radius 3 is 2.65 bits per heavy atom. The Morgan fingerprint density at radius 2 is 1.92 bits per heavy atom. The number of carbonyl (C=O) groups is 2. The van der Waals surface area contributed by atoms with Gasteiger partial charge in [-0.15, -0.1) is 0 Å². The summed E-state index contributed by atoms with van der Waals surface area (Å²) in [5, 5.41) is 3.08. The lowest BCUT2D eigenvalue weighted by Gasteiger charge is -2.06. The molecule has 1 heterocycles. The second kappa shape index (κ2) is 7.84. The third-order valence-corrected chi connectivity index (χ3v) is 3.69. The average molecular weight is 371 g/mol. The molecule has 1 amide bonds. The molecule has 0 radical (unpaired) electrons. The van der Waals surface area contributed by atoms with E-state index in [9.17, 15) is 9.59 Å². The first-order chi connectivity index (χ1) is 12.5. The zero-order chi connectivity index (χ0) is 18.5. The minimum atomic E-state index is -0.727. The van der Waals surface area contributed by atoms with Gasteiger partial charge in [0.15, 0.2) is 12.3 Å². The number of rotatable bonds is 5. The van der Waals surface area contributed by atoms with Gasteiger partial charge in [0.2, 0.25) is 5.89 Å². The zero-order valence-corrected chi connectivity index (χ0v) is 14.6. The molecular formula is C19H15ClN2O4. The predicted molar refractivity (Wildman–Crippen MR) is 97.0 cm³/mol. The van der Waals surface area contributed by atoms with Gasteiger partial charge in [0.1, 0.15) is 5.76 Å². The number of halogens is 1. The van der Waals surface area contributed by atoms with Crippen LogP contribution >= 0.6 is 11.6 Å². The van der Waals surface area contributed by atoms with Crippen LogP contribution in [0.5, 0.6) is 0 Å². The molecule has 26 heavy (non-hydrogen) atoms. The highest BCUT2D eigenvalue weighted by atomic mass is 35.5. The summed E-state index contributed by atoms with van der Waals surface area (Å²) in [6, 6.07) is 15.8. The number of oxazole rings is 1. The number of carbonyl (C=O) groups excluding carboxylic acids is 2. The molecule has 6 nitrogen and oxygen atoms in total. The summed E-state index contributed by atoms with van der Waals surface area (Å²) in [6.07, 6.45) is 0. The van der Waals surface area contributed by atoms with Gasteiger partial charge < -0.3 is 14.5 Å². The van der Waals surface area contributed by atoms with Crippen molar-refractivity contribution in [2.75, 3.05) is 11.9 Å². The van der Waals surface area contributed by atoms with Crippen molar-refractivity contribution in [1.82, 2.24) is 4.98 Å². The van der Waals surface area contributed by atoms with Crippen molar-refractivity contribution in [3.63, 3.8) is 0 Å². The fourth-order valence-corrected chi connectivity index (χ4v) is 2.44. The van der Waals surface area contributed by atoms with E-state index < -0.39 is 18.5 Å². The molecule has 0 aliphatic carbocycles. The molecule has 0 bridgehead atoms. The maximum Gasteiger partial charge on any atom is 0.361 e. The Morgan fingerprint density at radius 1 is 1.15 bits per heavy atom. The molecule has 3 aromatic rings. The minimum absolute atomic E-state index is 0.0411. The highest BCUT2D eigenvalue weighted by Gasteiger charge is 2.20. The molecule has 1 N–H and O–H groups in total. The zero-order valence-electron chi connectivity index (χ0n) is 13.9. The Bertz CT molecular complexity index is 938. The third kappa shape index (κ3) is 4.29. The molecule has 0 aliphatic rings. The number of hydrogen-bond donors (Lipinski definition) is 1. The van der Waals surface area contributed by atoms with Crippen LogP contribution in [-0.2, 0) is 9.53 Å². The van der Waals surface area contributed by atoms with Crippen molar-refractivity contribution < 1.29 is 18.7 Å². The van der Waals surface area contributed by atoms with Crippen LogP contribution in [0.1, 0.15) is 16.2 Å². The maximum atomic E-state index is 12.2. The fourth-order valence-electron chi connectivity index (χ4n) is 2.25. The van der Waals surface area contributed by atoms with Gasteiger partial charge in [-0.1, -0.05) is 35.9 Å². The SMILES string of the molecule is Cc1oc(-c2ccccc2)nc1C(=O)OCC(=O)Nc1cccc(Cl)c1. The summed E-state index contributed by atoms with van der Waals surface area (Å²) in [5.74, 6) is -0.567. The smallest absolute Gasteiger partial charge is 0.361 e. The number of anilines is 1. The lowest BCUT2D eigenvalue weighted by Crippen LogP contribution is -2.21. The van der Waals surface area contributed by atoms with Crippen molar-refractivity contribution in [3.05, 3.63) is 71.1 Å². The average Bonchev–Trinajstić information content (AvgIpc) is 3.02. The summed E-state index contributed by atoms with van der Waals surface area (Å²) >= 11 is 5.85. The Labute approximate surface area is 154 Å². The van der Waals surface area contributed by atoms with Gasteiger partial charge in [-0.25, -0.2) is 9.78 Å². The van der Waals surface area contributed by atoms with Crippen molar-refractivity contribution in [3.8, 4) is 11.5 Å².